The standard InChI is InChI=1S/C14H23NO3.C12H21NO3.C2H3Br/c1-6-14(11(2)16)7-9-15(10-8-14)12(17)18-13(3,4)5;1-9(14)10-5-7-13(8-6-10)11(15)16-12(2,3)4;1-2-3/h6H,1,7-10H2,2-5H3;10H,5-8H2,1-4H3;2H,1H2. The number of allylic oxidation sites excluding steroid dienone is 1. The Balaban J connectivity index is 0.000000637. The van der Waals surface area contributed by atoms with Crippen molar-refractivity contribution >= 4 is 39.7 Å². The van der Waals surface area contributed by atoms with Crippen LogP contribution in [0.4, 0.5) is 9.59 Å². The van der Waals surface area contributed by atoms with Crippen molar-refractivity contribution in [2.24, 2.45) is 11.3 Å². The van der Waals surface area contributed by atoms with Crippen LogP contribution in [0.1, 0.15) is 81.1 Å². The molecule has 2 heterocycles. The van der Waals surface area contributed by atoms with E-state index >= 15 is 0 Å². The van der Waals surface area contributed by atoms with Crippen molar-refractivity contribution in [2.75, 3.05) is 26.2 Å². The van der Waals surface area contributed by atoms with Crippen molar-refractivity contribution in [2.45, 2.75) is 92.3 Å². The molecule has 2 aliphatic rings. The Bertz CT molecular complexity index is 796. The molecule has 0 saturated carbocycles. The van der Waals surface area contributed by atoms with Crippen LogP contribution in [0.15, 0.2) is 24.2 Å². The smallest absolute Gasteiger partial charge is 0.410 e. The third-order valence-electron chi connectivity index (χ3n) is 6.12. The number of ether oxygens (including phenoxy) is 2. The Labute approximate surface area is 231 Å². The lowest BCUT2D eigenvalue weighted by Gasteiger charge is -2.38. The molecule has 2 rings (SSSR count). The highest BCUT2D eigenvalue weighted by atomic mass is 79.9. The molecule has 0 bridgehead atoms. The van der Waals surface area contributed by atoms with Crippen LogP contribution in [0, 0.1) is 11.3 Å². The van der Waals surface area contributed by atoms with Crippen LogP contribution in [0.2, 0.25) is 0 Å². The summed E-state index contributed by atoms with van der Waals surface area (Å²) in [6.45, 7) is 23.7. The second-order valence-electron chi connectivity index (χ2n) is 11.4. The van der Waals surface area contributed by atoms with E-state index in [1.54, 1.807) is 34.7 Å². The van der Waals surface area contributed by atoms with Crippen molar-refractivity contribution in [3.05, 3.63) is 24.2 Å². The number of hydrogen-bond donors (Lipinski definition) is 0. The lowest BCUT2D eigenvalue weighted by molar-refractivity contribution is -0.126. The Kier molecular flexibility index (Phi) is 14.4. The van der Waals surface area contributed by atoms with Crippen LogP contribution in [0.3, 0.4) is 0 Å². The molecule has 2 fully saturated rings. The van der Waals surface area contributed by atoms with E-state index in [1.165, 1.54) is 0 Å². The molecule has 0 radical (unpaired) electrons. The van der Waals surface area contributed by atoms with Gasteiger partial charge in [-0.2, -0.15) is 0 Å². The minimum Gasteiger partial charge on any atom is -0.444 e. The molecule has 37 heavy (non-hydrogen) atoms. The van der Waals surface area contributed by atoms with E-state index in [1.807, 2.05) is 41.5 Å². The fraction of sp³-hybridized carbons (Fsp3) is 0.714. The van der Waals surface area contributed by atoms with Gasteiger partial charge in [-0.15, -0.1) is 6.58 Å². The summed E-state index contributed by atoms with van der Waals surface area (Å²) in [6.07, 6.45) is 3.93. The van der Waals surface area contributed by atoms with Gasteiger partial charge in [0.1, 0.15) is 22.8 Å². The number of halogens is 1. The van der Waals surface area contributed by atoms with Crippen molar-refractivity contribution in [1.29, 1.82) is 0 Å². The molecule has 2 amide bonds. The number of Topliss-reactive ketones (excluding diaryl/α,β-unsaturated/α-hetero) is 2. The number of rotatable bonds is 3. The molecule has 0 aliphatic carbocycles. The zero-order valence-electron chi connectivity index (χ0n) is 24.0. The van der Waals surface area contributed by atoms with Gasteiger partial charge >= 0.3 is 12.2 Å². The fourth-order valence-corrected chi connectivity index (χ4v) is 3.91. The summed E-state index contributed by atoms with van der Waals surface area (Å²) in [6, 6.07) is 0. The number of piperidine rings is 2. The van der Waals surface area contributed by atoms with E-state index in [4.69, 9.17) is 9.47 Å². The highest BCUT2D eigenvalue weighted by Gasteiger charge is 2.38. The predicted molar refractivity (Wildman–Crippen MR) is 151 cm³/mol. The molecule has 0 aromatic carbocycles. The molecule has 9 heteroatoms. The van der Waals surface area contributed by atoms with Crippen LogP contribution < -0.4 is 0 Å². The van der Waals surface area contributed by atoms with E-state index in [0.29, 0.717) is 39.0 Å². The fourth-order valence-electron chi connectivity index (χ4n) is 3.91. The SMILES string of the molecule is C=CBr.C=CC1(C(C)=O)CCN(C(=O)OC(C)(C)C)CC1.CC(=O)C1CCN(C(=O)OC(C)(C)C)CC1. The minimum absolute atomic E-state index is 0.124. The number of amides is 2. The number of ketones is 2. The Morgan fingerprint density at radius 1 is 0.811 bits per heavy atom. The summed E-state index contributed by atoms with van der Waals surface area (Å²) in [7, 11) is 0. The second-order valence-corrected chi connectivity index (χ2v) is 12.0. The Morgan fingerprint density at radius 3 is 1.43 bits per heavy atom. The molecular formula is C28H47BrN2O6. The molecule has 0 aromatic heterocycles. The van der Waals surface area contributed by atoms with E-state index in [0.717, 1.165) is 12.8 Å². The minimum atomic E-state index is -0.482. The number of carbonyl (C=O) groups excluding carboxylic acids is 4. The largest absolute Gasteiger partial charge is 0.444 e. The zero-order chi connectivity index (χ0) is 29.0. The lowest BCUT2D eigenvalue weighted by Crippen LogP contribution is -2.46. The van der Waals surface area contributed by atoms with Crippen LogP contribution in [-0.4, -0.2) is 70.9 Å². The molecule has 8 nitrogen and oxygen atoms in total. The van der Waals surface area contributed by atoms with Gasteiger partial charge in [0.15, 0.2) is 0 Å². The van der Waals surface area contributed by atoms with E-state index in [-0.39, 0.29) is 29.7 Å². The molecule has 2 saturated heterocycles. The zero-order valence-corrected chi connectivity index (χ0v) is 25.6. The third kappa shape index (κ3) is 13.3. The maximum absolute atomic E-state index is 11.9. The summed E-state index contributed by atoms with van der Waals surface area (Å²) < 4.78 is 10.6. The van der Waals surface area contributed by atoms with Gasteiger partial charge in [-0.1, -0.05) is 28.6 Å². The molecule has 0 N–H and O–H groups in total. The van der Waals surface area contributed by atoms with E-state index in [9.17, 15) is 19.2 Å². The van der Waals surface area contributed by atoms with Crippen LogP contribution in [0.25, 0.3) is 0 Å². The van der Waals surface area contributed by atoms with Crippen molar-refractivity contribution in [3.63, 3.8) is 0 Å². The van der Waals surface area contributed by atoms with Gasteiger partial charge in [0.05, 0.1) is 0 Å². The summed E-state index contributed by atoms with van der Waals surface area (Å²) in [5.74, 6) is 0.476. The van der Waals surface area contributed by atoms with E-state index in [2.05, 4.69) is 29.1 Å². The molecule has 0 unspecified atom stereocenters. The Hall–Kier alpha value is -2.16. The number of hydrogen-bond acceptors (Lipinski definition) is 6. The van der Waals surface area contributed by atoms with Crippen molar-refractivity contribution in [3.8, 4) is 0 Å². The molecule has 0 spiro atoms. The van der Waals surface area contributed by atoms with Gasteiger partial charge in [-0.25, -0.2) is 9.59 Å². The quantitative estimate of drug-likeness (QED) is 0.349. The summed E-state index contributed by atoms with van der Waals surface area (Å²) in [4.78, 5) is 51.3. The summed E-state index contributed by atoms with van der Waals surface area (Å²) >= 11 is 2.91. The number of carbonyl (C=O) groups is 4. The molecule has 212 valence electrons. The molecular weight excluding hydrogens is 540 g/mol. The van der Waals surface area contributed by atoms with Crippen molar-refractivity contribution < 1.29 is 28.7 Å². The molecule has 2 aliphatic heterocycles. The molecule has 0 atom stereocenters. The van der Waals surface area contributed by atoms with E-state index < -0.39 is 16.6 Å². The van der Waals surface area contributed by atoms with Crippen LogP contribution >= 0.6 is 15.9 Å². The second kappa shape index (κ2) is 15.3. The first-order valence-electron chi connectivity index (χ1n) is 12.7. The lowest BCUT2D eigenvalue weighted by atomic mass is 9.75. The van der Waals surface area contributed by atoms with Crippen LogP contribution in [-0.2, 0) is 19.1 Å². The van der Waals surface area contributed by atoms with Crippen LogP contribution in [0.5, 0.6) is 0 Å². The summed E-state index contributed by atoms with van der Waals surface area (Å²) in [5, 5.41) is 0. The first-order valence-corrected chi connectivity index (χ1v) is 13.6. The van der Waals surface area contributed by atoms with Gasteiger partial charge in [0, 0.05) is 37.5 Å². The topological polar surface area (TPSA) is 93.2 Å². The van der Waals surface area contributed by atoms with Gasteiger partial charge in [0.2, 0.25) is 0 Å². The average Bonchev–Trinajstić information content (AvgIpc) is 2.77. The Morgan fingerprint density at radius 2 is 1.16 bits per heavy atom. The van der Waals surface area contributed by atoms with Gasteiger partial charge in [0.25, 0.3) is 0 Å². The average molecular weight is 588 g/mol. The number of nitrogens with zero attached hydrogens (tertiary/aromatic N) is 2. The molecule has 0 aromatic rings. The monoisotopic (exact) mass is 586 g/mol. The highest BCUT2D eigenvalue weighted by Crippen LogP contribution is 2.34. The predicted octanol–water partition coefficient (Wildman–Crippen LogP) is 6.53. The van der Waals surface area contributed by atoms with Crippen molar-refractivity contribution in [1.82, 2.24) is 9.80 Å². The van der Waals surface area contributed by atoms with Gasteiger partial charge in [-0.3, -0.25) is 9.59 Å². The maximum atomic E-state index is 11.9. The first-order chi connectivity index (χ1) is 16.9. The van der Waals surface area contributed by atoms with Gasteiger partial charge in [-0.05, 0) is 86.1 Å². The maximum Gasteiger partial charge on any atom is 0.410 e. The highest BCUT2D eigenvalue weighted by molar-refractivity contribution is 9.11. The number of likely N-dealkylation sites (tertiary alicyclic amines) is 2. The first kappa shape index (κ1) is 34.8. The third-order valence-corrected chi connectivity index (χ3v) is 6.12. The normalized spacial score (nSPS) is 17.6. The summed E-state index contributed by atoms with van der Waals surface area (Å²) in [5.41, 5.74) is -1.39. The van der Waals surface area contributed by atoms with Gasteiger partial charge < -0.3 is 19.3 Å².